The third-order valence-electron chi connectivity index (χ3n) is 0. The first kappa shape index (κ1) is 49.8. The molecule has 0 fully saturated rings. The van der Waals surface area contributed by atoms with E-state index in [1.165, 1.54) is 0 Å². The Hall–Kier alpha value is 8.91. The standard InChI is InChI=1S/3Ca.3K.2H3O4P.3H/c;;;;;;2*1-5(2,3)4;;;/h;;;;;;2*(H3,1,2,3,4);;;/q3*+2;3*+1;;;3*-1/p-6. The molecule has 0 aromatic carbocycles. The largest absolute Gasteiger partial charge is 2.00 e. The Bertz CT molecular complexity index is 153. The van der Waals surface area contributed by atoms with Gasteiger partial charge in [0.1, 0.15) is 0 Å². The minimum Gasteiger partial charge on any atom is -1.00 e. The van der Waals surface area contributed by atoms with Crippen molar-refractivity contribution in [2.75, 3.05) is 0 Å². The average Bonchev–Trinajstić information content (AvgIpc) is 1.12. The molecule has 16 heavy (non-hydrogen) atoms. The van der Waals surface area contributed by atoms with Gasteiger partial charge < -0.3 is 42.8 Å². The second kappa shape index (κ2) is 28.7. The van der Waals surface area contributed by atoms with Gasteiger partial charge in [-0.1, -0.05) is 0 Å². The van der Waals surface area contributed by atoms with Gasteiger partial charge in [0.2, 0.25) is 0 Å². The van der Waals surface area contributed by atoms with Crippen molar-refractivity contribution >= 4 is 129 Å². The monoisotopic (exact) mass is 430 g/mol. The molecule has 0 saturated carbocycles. The Morgan fingerprint density at radius 2 is 0.562 bits per heavy atom. The molecule has 70 valence electrons. The van der Waals surface area contributed by atoms with Crippen LogP contribution in [0.2, 0.25) is 0 Å². The Kier molecular flexibility index (Phi) is 89.3. The Morgan fingerprint density at radius 3 is 0.562 bits per heavy atom. The van der Waals surface area contributed by atoms with E-state index in [9.17, 15) is 0 Å². The first-order valence-corrected chi connectivity index (χ1v) is 4.38. The number of hydrogen-bond acceptors (Lipinski definition) is 8. The van der Waals surface area contributed by atoms with Crippen LogP contribution in [-0.4, -0.2) is 113 Å². The van der Waals surface area contributed by atoms with E-state index in [1.54, 1.807) is 0 Å². The van der Waals surface area contributed by atoms with Crippen LogP contribution in [0, 0.1) is 0 Å². The van der Waals surface area contributed by atoms with Gasteiger partial charge in [0.05, 0.1) is 0 Å². The summed E-state index contributed by atoms with van der Waals surface area (Å²) in [7, 11) is -10.8. The van der Waals surface area contributed by atoms with Gasteiger partial charge in [0.25, 0.3) is 0 Å². The fraction of sp³-hybridized carbons (Fsp3) is 0. The molecule has 0 aromatic heterocycles. The molecule has 0 saturated heterocycles. The summed E-state index contributed by atoms with van der Waals surface area (Å²) in [4.78, 5) is 51.3. The molecule has 0 heterocycles. The summed E-state index contributed by atoms with van der Waals surface area (Å²) >= 11 is 0. The van der Waals surface area contributed by atoms with E-state index in [1.807, 2.05) is 0 Å². The fourth-order valence-electron chi connectivity index (χ4n) is 0. The Morgan fingerprint density at radius 1 is 0.562 bits per heavy atom. The van der Waals surface area contributed by atoms with Crippen molar-refractivity contribution in [1.29, 1.82) is 0 Å². The maximum atomic E-state index is 8.55. The van der Waals surface area contributed by atoms with Gasteiger partial charge in [-0.2, -0.15) is 15.6 Å². The molecule has 8 nitrogen and oxygen atoms in total. The zero-order valence-electron chi connectivity index (χ0n) is 12.3. The van der Waals surface area contributed by atoms with Crippen LogP contribution in [0.5, 0.6) is 0 Å². The van der Waals surface area contributed by atoms with Crippen LogP contribution in [-0.2, 0) is 9.13 Å². The molecule has 0 rings (SSSR count). The molecular weight excluding hydrogens is 427 g/mol. The summed E-state index contributed by atoms with van der Waals surface area (Å²) in [5.41, 5.74) is 0. The fourth-order valence-corrected chi connectivity index (χ4v) is 0. The van der Waals surface area contributed by atoms with Crippen LogP contribution < -0.4 is 184 Å². The van der Waals surface area contributed by atoms with Gasteiger partial charge in [0.15, 0.2) is 0 Å². The van der Waals surface area contributed by atoms with Gasteiger partial charge in [-0.05, 0) is 0 Å². The SMILES string of the molecule is O=P([O-])([O-])[O-].O=P([O-])([O-])[O-].[Ca+2].[Ca+2].[Ca+2].[H-].[H-].[H-].[K+].[K+].[K+]. The predicted octanol–water partition coefficient (Wildman–Crippen LogP) is -15.4. The van der Waals surface area contributed by atoms with Crippen molar-refractivity contribution in [2.24, 2.45) is 0 Å². The van der Waals surface area contributed by atoms with Crippen molar-refractivity contribution in [2.45, 2.75) is 0 Å². The van der Waals surface area contributed by atoms with E-state index in [2.05, 4.69) is 0 Å². The molecule has 16 heteroatoms. The summed E-state index contributed by atoms with van der Waals surface area (Å²) in [6.45, 7) is 0. The van der Waals surface area contributed by atoms with Crippen molar-refractivity contribution in [3.05, 3.63) is 0 Å². The normalized spacial score (nSPS) is 7.38. The van der Waals surface area contributed by atoms with Crippen LogP contribution in [0.15, 0.2) is 0 Å². The second-order valence-electron chi connectivity index (χ2n) is 0.894. The van der Waals surface area contributed by atoms with Gasteiger partial charge in [0, 0.05) is 0 Å². The summed E-state index contributed by atoms with van der Waals surface area (Å²) in [5, 5.41) is 0. The molecule has 0 aromatic rings. The predicted molar refractivity (Wildman–Crippen MR) is 35.8 cm³/mol. The zero-order valence-corrected chi connectivity index (χ0v) is 27.1. The number of rotatable bonds is 0. The van der Waals surface area contributed by atoms with Crippen molar-refractivity contribution < 1.29 is 197 Å². The molecule has 0 unspecified atom stereocenters. The smallest absolute Gasteiger partial charge is 1.00 e. The summed E-state index contributed by atoms with van der Waals surface area (Å²) in [5.74, 6) is 0. The van der Waals surface area contributed by atoms with E-state index in [0.29, 0.717) is 0 Å². The quantitative estimate of drug-likeness (QED) is 0.269. The molecule has 0 aliphatic carbocycles. The van der Waals surface area contributed by atoms with E-state index in [0.717, 1.165) is 0 Å². The second-order valence-corrected chi connectivity index (χ2v) is 2.68. The molecule has 0 atom stereocenters. The van der Waals surface area contributed by atoms with Gasteiger partial charge in [-0.15, -0.1) is 0 Å². The van der Waals surface area contributed by atoms with E-state index >= 15 is 0 Å². The third-order valence-corrected chi connectivity index (χ3v) is 0. The van der Waals surface area contributed by atoms with Crippen molar-refractivity contribution in [3.8, 4) is 0 Å². The first-order valence-electron chi connectivity index (χ1n) is 1.46. The van der Waals surface area contributed by atoms with E-state index in [4.69, 9.17) is 38.5 Å². The summed E-state index contributed by atoms with van der Waals surface area (Å²) in [6, 6.07) is 0. The van der Waals surface area contributed by atoms with E-state index in [-0.39, 0.29) is 272 Å². The molecule has 0 radical (unpaired) electrons. The van der Waals surface area contributed by atoms with Gasteiger partial charge >= 0.3 is 267 Å². The van der Waals surface area contributed by atoms with Gasteiger partial charge in [-0.25, -0.2) is 0 Å². The minimum absolute atomic E-state index is 0. The molecular formula is H3Ca3K3O8P2. The molecule has 0 spiro atoms. The molecule has 0 amide bonds. The molecule has 0 aliphatic rings. The van der Waals surface area contributed by atoms with Crippen LogP contribution in [0.1, 0.15) is 4.28 Å². The van der Waals surface area contributed by atoms with Crippen molar-refractivity contribution in [1.82, 2.24) is 0 Å². The average molecular weight is 430 g/mol. The van der Waals surface area contributed by atoms with Crippen LogP contribution in [0.3, 0.4) is 0 Å². The van der Waals surface area contributed by atoms with E-state index < -0.39 is 15.6 Å². The molecule has 0 bridgehead atoms. The third kappa shape index (κ3) is 139. The maximum absolute atomic E-state index is 8.55. The number of hydrogen-bond donors (Lipinski definition) is 0. The van der Waals surface area contributed by atoms with Crippen LogP contribution >= 0.6 is 15.6 Å². The maximum Gasteiger partial charge on any atom is 2.00 e. The summed E-state index contributed by atoms with van der Waals surface area (Å²) < 4.78 is 17.1. The van der Waals surface area contributed by atoms with Crippen LogP contribution in [0.25, 0.3) is 0 Å². The Labute approximate surface area is 315 Å². The topological polar surface area (TPSA) is 172 Å². The molecule has 0 N–H and O–H groups in total. The molecule has 0 aliphatic heterocycles. The number of phosphoric acid groups is 2. The van der Waals surface area contributed by atoms with Gasteiger partial charge in [-0.3, -0.25) is 0 Å². The summed E-state index contributed by atoms with van der Waals surface area (Å²) in [6.07, 6.45) is 0. The minimum atomic E-state index is -5.39. The first-order chi connectivity index (χ1) is 4.00. The van der Waals surface area contributed by atoms with Crippen LogP contribution in [0.4, 0.5) is 0 Å². The Balaban J connectivity index is -0.00000000508. The van der Waals surface area contributed by atoms with Crippen molar-refractivity contribution in [3.63, 3.8) is 0 Å². The zero-order chi connectivity index (χ0) is 9.00.